The zero-order valence-corrected chi connectivity index (χ0v) is 12.3. The molecule has 0 aliphatic heterocycles. The lowest BCUT2D eigenvalue weighted by Crippen LogP contribution is -2.32. The molecule has 20 heavy (non-hydrogen) atoms. The molecular formula is C17H24N2O. The van der Waals surface area contributed by atoms with E-state index >= 15 is 0 Å². The van der Waals surface area contributed by atoms with Crippen LogP contribution in [0.2, 0.25) is 0 Å². The van der Waals surface area contributed by atoms with Crippen molar-refractivity contribution in [2.24, 2.45) is 5.92 Å². The van der Waals surface area contributed by atoms with Crippen molar-refractivity contribution >= 4 is 10.8 Å². The van der Waals surface area contributed by atoms with Gasteiger partial charge in [0.2, 0.25) is 0 Å². The molecule has 0 spiro atoms. The van der Waals surface area contributed by atoms with Crippen molar-refractivity contribution in [3.63, 3.8) is 0 Å². The second-order valence-corrected chi connectivity index (χ2v) is 5.29. The molecule has 0 bridgehead atoms. The summed E-state index contributed by atoms with van der Waals surface area (Å²) in [5, 5.41) is 15.9. The monoisotopic (exact) mass is 272 g/mol. The van der Waals surface area contributed by atoms with E-state index in [2.05, 4.69) is 36.3 Å². The van der Waals surface area contributed by atoms with Crippen molar-refractivity contribution in [3.8, 4) is 0 Å². The van der Waals surface area contributed by atoms with Gasteiger partial charge in [-0.25, -0.2) is 0 Å². The van der Waals surface area contributed by atoms with E-state index in [-0.39, 0.29) is 6.10 Å². The summed E-state index contributed by atoms with van der Waals surface area (Å²) in [4.78, 5) is 4.28. The summed E-state index contributed by atoms with van der Waals surface area (Å²) >= 11 is 0. The minimum absolute atomic E-state index is 0.270. The van der Waals surface area contributed by atoms with Crippen LogP contribution in [0.5, 0.6) is 0 Å². The Morgan fingerprint density at radius 2 is 1.90 bits per heavy atom. The molecule has 2 N–H and O–H groups in total. The Bertz CT molecular complexity index is 532. The first kappa shape index (κ1) is 14.9. The van der Waals surface area contributed by atoms with Crippen LogP contribution in [0.15, 0.2) is 36.7 Å². The van der Waals surface area contributed by atoms with E-state index in [0.717, 1.165) is 24.8 Å². The number of aliphatic hydroxyl groups excluding tert-OH is 1. The molecule has 0 aliphatic carbocycles. The van der Waals surface area contributed by atoms with Crippen LogP contribution < -0.4 is 5.32 Å². The van der Waals surface area contributed by atoms with E-state index in [0.29, 0.717) is 12.5 Å². The summed E-state index contributed by atoms with van der Waals surface area (Å²) in [7, 11) is 0. The van der Waals surface area contributed by atoms with Crippen LogP contribution in [0.1, 0.15) is 32.3 Å². The van der Waals surface area contributed by atoms with Gasteiger partial charge in [-0.15, -0.1) is 0 Å². The summed E-state index contributed by atoms with van der Waals surface area (Å²) < 4.78 is 0. The van der Waals surface area contributed by atoms with Crippen LogP contribution in [0.4, 0.5) is 0 Å². The van der Waals surface area contributed by atoms with Gasteiger partial charge < -0.3 is 10.4 Å². The van der Waals surface area contributed by atoms with Gasteiger partial charge in [0.1, 0.15) is 0 Å². The zero-order chi connectivity index (χ0) is 14.4. The van der Waals surface area contributed by atoms with Crippen molar-refractivity contribution in [3.05, 3.63) is 42.2 Å². The smallest absolute Gasteiger partial charge is 0.0692 e. The van der Waals surface area contributed by atoms with Crippen molar-refractivity contribution < 1.29 is 5.11 Å². The Labute approximate surface area is 121 Å². The van der Waals surface area contributed by atoms with Crippen LogP contribution in [-0.2, 0) is 6.54 Å². The predicted molar refractivity (Wildman–Crippen MR) is 83.5 cm³/mol. The largest absolute Gasteiger partial charge is 0.392 e. The molecule has 0 aliphatic rings. The highest BCUT2D eigenvalue weighted by Gasteiger charge is 2.14. The molecule has 2 aromatic rings. The number of hydrogen-bond acceptors (Lipinski definition) is 3. The van der Waals surface area contributed by atoms with E-state index < -0.39 is 0 Å². The number of aliphatic hydroxyl groups is 1. The van der Waals surface area contributed by atoms with Crippen molar-refractivity contribution in [2.75, 3.05) is 6.54 Å². The fourth-order valence-electron chi connectivity index (χ4n) is 2.67. The van der Waals surface area contributed by atoms with Gasteiger partial charge in [0.15, 0.2) is 0 Å². The first-order valence-electron chi connectivity index (χ1n) is 7.46. The van der Waals surface area contributed by atoms with Gasteiger partial charge in [-0.05, 0) is 16.9 Å². The van der Waals surface area contributed by atoms with Crippen LogP contribution in [0.25, 0.3) is 10.8 Å². The Morgan fingerprint density at radius 3 is 2.65 bits per heavy atom. The maximum absolute atomic E-state index is 10.1. The van der Waals surface area contributed by atoms with E-state index in [4.69, 9.17) is 0 Å². The molecule has 0 saturated carbocycles. The van der Waals surface area contributed by atoms with E-state index in [1.807, 2.05) is 24.5 Å². The van der Waals surface area contributed by atoms with Crippen molar-refractivity contribution in [2.45, 2.75) is 39.3 Å². The molecule has 3 nitrogen and oxygen atoms in total. The molecule has 0 radical (unpaired) electrons. The number of nitrogens with one attached hydrogen (secondary N) is 1. The van der Waals surface area contributed by atoms with Crippen LogP contribution in [0.3, 0.4) is 0 Å². The molecule has 1 heterocycles. The maximum atomic E-state index is 10.1. The highest BCUT2D eigenvalue weighted by Crippen LogP contribution is 2.17. The molecular weight excluding hydrogens is 248 g/mol. The molecule has 1 aromatic carbocycles. The molecule has 108 valence electrons. The minimum Gasteiger partial charge on any atom is -0.392 e. The second-order valence-electron chi connectivity index (χ2n) is 5.29. The number of nitrogens with zero attached hydrogens (tertiary/aromatic N) is 1. The van der Waals surface area contributed by atoms with Crippen LogP contribution in [0, 0.1) is 5.92 Å². The van der Waals surface area contributed by atoms with Crippen molar-refractivity contribution in [1.82, 2.24) is 10.3 Å². The third-order valence-corrected chi connectivity index (χ3v) is 4.01. The lowest BCUT2D eigenvalue weighted by molar-refractivity contribution is 0.101. The summed E-state index contributed by atoms with van der Waals surface area (Å²) in [6, 6.07) is 8.26. The fourth-order valence-corrected chi connectivity index (χ4v) is 2.67. The van der Waals surface area contributed by atoms with E-state index in [1.54, 1.807) is 0 Å². The first-order valence-corrected chi connectivity index (χ1v) is 7.46. The fraction of sp³-hybridized carbons (Fsp3) is 0.471. The summed E-state index contributed by atoms with van der Waals surface area (Å²) in [5.41, 5.74) is 1.18. The van der Waals surface area contributed by atoms with E-state index in [9.17, 15) is 5.11 Å². The number of hydrogen-bond donors (Lipinski definition) is 2. The summed E-state index contributed by atoms with van der Waals surface area (Å²) in [6.45, 7) is 5.64. The number of aromatic nitrogens is 1. The van der Waals surface area contributed by atoms with Crippen LogP contribution >= 0.6 is 0 Å². The number of rotatable bonds is 7. The number of fused-ring (bicyclic) bond motifs is 1. The van der Waals surface area contributed by atoms with Gasteiger partial charge in [0.05, 0.1) is 6.10 Å². The van der Waals surface area contributed by atoms with Gasteiger partial charge in [-0.3, -0.25) is 4.98 Å². The van der Waals surface area contributed by atoms with Gasteiger partial charge in [0.25, 0.3) is 0 Å². The van der Waals surface area contributed by atoms with Gasteiger partial charge >= 0.3 is 0 Å². The second kappa shape index (κ2) is 7.36. The Kier molecular flexibility index (Phi) is 5.50. The molecule has 0 amide bonds. The third kappa shape index (κ3) is 3.56. The molecule has 1 atom stereocenters. The maximum Gasteiger partial charge on any atom is 0.0692 e. The third-order valence-electron chi connectivity index (χ3n) is 4.01. The molecule has 3 heteroatoms. The number of pyridine rings is 1. The first-order chi connectivity index (χ1) is 9.76. The Hall–Kier alpha value is -1.45. The van der Waals surface area contributed by atoms with Gasteiger partial charge in [-0.1, -0.05) is 51.0 Å². The van der Waals surface area contributed by atoms with E-state index in [1.165, 1.54) is 10.9 Å². The summed E-state index contributed by atoms with van der Waals surface area (Å²) in [5.74, 6) is 0.383. The minimum atomic E-state index is -0.270. The standard InChI is InChI=1S/C17H24N2O/c1-3-13(4-2)17(20)12-19-11-15-10-18-9-14-7-5-6-8-16(14)15/h5-10,13,17,19-20H,3-4,11-12H2,1-2H3. The topological polar surface area (TPSA) is 45.1 Å². The highest BCUT2D eigenvalue weighted by atomic mass is 16.3. The lowest BCUT2D eigenvalue weighted by Gasteiger charge is -2.20. The average molecular weight is 272 g/mol. The van der Waals surface area contributed by atoms with Gasteiger partial charge in [0, 0.05) is 30.9 Å². The zero-order valence-electron chi connectivity index (χ0n) is 12.3. The lowest BCUT2D eigenvalue weighted by atomic mass is 9.96. The van der Waals surface area contributed by atoms with Crippen LogP contribution in [-0.4, -0.2) is 22.7 Å². The molecule has 0 saturated heterocycles. The Morgan fingerprint density at radius 1 is 1.15 bits per heavy atom. The highest BCUT2D eigenvalue weighted by molar-refractivity contribution is 5.84. The quantitative estimate of drug-likeness (QED) is 0.814. The normalized spacial score (nSPS) is 13.0. The predicted octanol–water partition coefficient (Wildman–Crippen LogP) is 3.12. The van der Waals surface area contributed by atoms with Crippen molar-refractivity contribution in [1.29, 1.82) is 0 Å². The van der Waals surface area contributed by atoms with Gasteiger partial charge in [-0.2, -0.15) is 0 Å². The summed E-state index contributed by atoms with van der Waals surface area (Å²) in [6.07, 6.45) is 5.56. The molecule has 2 rings (SSSR count). The molecule has 1 aromatic heterocycles. The average Bonchev–Trinajstić information content (AvgIpc) is 2.49. The molecule has 0 fully saturated rings. The molecule has 1 unspecified atom stereocenters. The number of benzene rings is 1. The SMILES string of the molecule is CCC(CC)C(O)CNCc1cncc2ccccc12. The Balaban J connectivity index is 1.96.